The van der Waals surface area contributed by atoms with Gasteiger partial charge in [0.25, 0.3) is 0 Å². The van der Waals surface area contributed by atoms with Crippen molar-refractivity contribution in [2.24, 2.45) is 0 Å². The zero-order valence-electron chi connectivity index (χ0n) is 12.5. The summed E-state index contributed by atoms with van der Waals surface area (Å²) in [5.74, 6) is -3.40. The van der Waals surface area contributed by atoms with Gasteiger partial charge in [0, 0.05) is 39.0 Å². The number of rotatable bonds is 2. The minimum atomic E-state index is -2.67. The van der Waals surface area contributed by atoms with Gasteiger partial charge in [-0.05, 0) is 25.1 Å². The van der Waals surface area contributed by atoms with Crippen molar-refractivity contribution in [3.8, 4) is 0 Å². The Balaban J connectivity index is 1.95. The monoisotopic (exact) mass is 311 g/mol. The lowest BCUT2D eigenvalue weighted by atomic mass is 10.1. The Kier molecular flexibility index (Phi) is 3.76. The number of carboxylic acids is 1. The molecule has 0 unspecified atom stereocenters. The predicted octanol–water partition coefficient (Wildman–Crippen LogP) is 2.35. The molecule has 22 heavy (non-hydrogen) atoms. The first kappa shape index (κ1) is 15.1. The Hall–Kier alpha value is -1.76. The van der Waals surface area contributed by atoms with Crippen molar-refractivity contribution in [3.63, 3.8) is 0 Å². The fraction of sp³-hybridized carbons (Fsp3) is 0.600. The number of pyridine rings is 1. The lowest BCUT2D eigenvalue weighted by Crippen LogP contribution is -2.29. The van der Waals surface area contributed by atoms with E-state index in [1.165, 1.54) is 0 Å². The van der Waals surface area contributed by atoms with E-state index in [0.29, 0.717) is 31.9 Å². The SMILES string of the molecule is CN1Cc2cc(C(=O)O)c(N3CCCC(F)(F)CC3)nc2C1. The van der Waals surface area contributed by atoms with Crippen LogP contribution in [0.5, 0.6) is 0 Å². The molecule has 120 valence electrons. The first-order valence-electron chi connectivity index (χ1n) is 7.43. The molecule has 3 heterocycles. The third-order valence-corrected chi connectivity index (χ3v) is 4.28. The fourth-order valence-corrected chi connectivity index (χ4v) is 3.13. The summed E-state index contributed by atoms with van der Waals surface area (Å²) >= 11 is 0. The van der Waals surface area contributed by atoms with Crippen molar-refractivity contribution in [2.45, 2.75) is 38.3 Å². The number of fused-ring (bicyclic) bond motifs is 1. The molecule has 0 amide bonds. The van der Waals surface area contributed by atoms with Gasteiger partial charge in [-0.15, -0.1) is 0 Å². The van der Waals surface area contributed by atoms with Crippen LogP contribution < -0.4 is 4.90 Å². The Morgan fingerprint density at radius 1 is 1.32 bits per heavy atom. The third kappa shape index (κ3) is 2.90. The molecule has 0 saturated carbocycles. The second kappa shape index (κ2) is 5.46. The summed E-state index contributed by atoms with van der Waals surface area (Å²) in [5.41, 5.74) is 1.86. The number of anilines is 1. The highest BCUT2D eigenvalue weighted by molar-refractivity contribution is 5.93. The van der Waals surface area contributed by atoms with E-state index in [1.807, 2.05) is 11.9 Å². The second-order valence-electron chi connectivity index (χ2n) is 6.14. The molecule has 7 heteroatoms. The van der Waals surface area contributed by atoms with E-state index < -0.39 is 11.9 Å². The van der Waals surface area contributed by atoms with Crippen molar-refractivity contribution in [1.82, 2.24) is 9.88 Å². The van der Waals surface area contributed by atoms with Gasteiger partial charge >= 0.3 is 5.97 Å². The number of hydrogen-bond donors (Lipinski definition) is 1. The van der Waals surface area contributed by atoms with E-state index in [2.05, 4.69) is 4.98 Å². The number of carboxylic acid groups (broad SMARTS) is 1. The van der Waals surface area contributed by atoms with Crippen LogP contribution in [-0.4, -0.2) is 47.0 Å². The zero-order chi connectivity index (χ0) is 15.9. The van der Waals surface area contributed by atoms with Crippen LogP contribution in [-0.2, 0) is 13.1 Å². The van der Waals surface area contributed by atoms with Gasteiger partial charge in [-0.3, -0.25) is 4.90 Å². The molecule has 1 aromatic heterocycles. The Morgan fingerprint density at radius 2 is 2.09 bits per heavy atom. The lowest BCUT2D eigenvalue weighted by molar-refractivity contribution is -0.0102. The minimum absolute atomic E-state index is 0.110. The van der Waals surface area contributed by atoms with Gasteiger partial charge in [-0.2, -0.15) is 0 Å². The van der Waals surface area contributed by atoms with Crippen LogP contribution in [0, 0.1) is 0 Å². The zero-order valence-corrected chi connectivity index (χ0v) is 12.5. The van der Waals surface area contributed by atoms with E-state index in [9.17, 15) is 18.7 Å². The van der Waals surface area contributed by atoms with Gasteiger partial charge in [-0.1, -0.05) is 0 Å². The highest BCUT2D eigenvalue weighted by Gasteiger charge is 2.33. The van der Waals surface area contributed by atoms with Crippen molar-refractivity contribution in [3.05, 3.63) is 22.9 Å². The van der Waals surface area contributed by atoms with E-state index >= 15 is 0 Å². The van der Waals surface area contributed by atoms with E-state index in [-0.39, 0.29) is 24.9 Å². The predicted molar refractivity (Wildman–Crippen MR) is 77.4 cm³/mol. The standard InChI is InChI=1S/C15H19F2N3O2/c1-19-8-10-7-11(14(21)22)13(18-12(10)9-19)20-5-2-3-15(16,17)4-6-20/h7H,2-6,8-9H2,1H3,(H,21,22). The number of aromatic nitrogens is 1. The smallest absolute Gasteiger partial charge is 0.339 e. The maximum Gasteiger partial charge on any atom is 0.339 e. The van der Waals surface area contributed by atoms with Crippen molar-refractivity contribution < 1.29 is 18.7 Å². The average molecular weight is 311 g/mol. The molecule has 3 rings (SSSR count). The normalized spacial score (nSPS) is 21.5. The minimum Gasteiger partial charge on any atom is -0.478 e. The van der Waals surface area contributed by atoms with Crippen LogP contribution in [0.1, 0.15) is 40.9 Å². The van der Waals surface area contributed by atoms with Crippen LogP contribution >= 0.6 is 0 Å². The Labute approximate surface area is 127 Å². The van der Waals surface area contributed by atoms with Gasteiger partial charge in [0.15, 0.2) is 0 Å². The maximum absolute atomic E-state index is 13.5. The molecule has 0 aliphatic carbocycles. The number of hydrogen-bond acceptors (Lipinski definition) is 4. The van der Waals surface area contributed by atoms with Crippen LogP contribution in [0.3, 0.4) is 0 Å². The van der Waals surface area contributed by atoms with Gasteiger partial charge in [0.05, 0.1) is 5.69 Å². The van der Waals surface area contributed by atoms with E-state index in [4.69, 9.17) is 0 Å². The molecule has 2 aliphatic rings. The van der Waals surface area contributed by atoms with Gasteiger partial charge in [-0.25, -0.2) is 18.6 Å². The maximum atomic E-state index is 13.5. The molecule has 0 spiro atoms. The number of alkyl halides is 2. The summed E-state index contributed by atoms with van der Waals surface area (Å²) in [4.78, 5) is 19.8. The largest absolute Gasteiger partial charge is 0.478 e. The molecule has 1 N–H and O–H groups in total. The lowest BCUT2D eigenvalue weighted by Gasteiger charge is -2.24. The molecule has 0 atom stereocenters. The van der Waals surface area contributed by atoms with Crippen LogP contribution in [0.2, 0.25) is 0 Å². The first-order valence-corrected chi connectivity index (χ1v) is 7.43. The van der Waals surface area contributed by atoms with Crippen LogP contribution in [0.4, 0.5) is 14.6 Å². The average Bonchev–Trinajstić information content (AvgIpc) is 2.69. The number of aromatic carboxylic acids is 1. The molecule has 5 nitrogen and oxygen atoms in total. The summed E-state index contributed by atoms with van der Waals surface area (Å²) in [6.45, 7) is 1.87. The molecule has 0 bridgehead atoms. The number of halogens is 2. The Bertz CT molecular complexity index is 607. The van der Waals surface area contributed by atoms with E-state index in [0.717, 1.165) is 11.3 Å². The van der Waals surface area contributed by atoms with Crippen LogP contribution in [0.15, 0.2) is 6.07 Å². The Morgan fingerprint density at radius 3 is 2.82 bits per heavy atom. The van der Waals surface area contributed by atoms with Crippen molar-refractivity contribution in [1.29, 1.82) is 0 Å². The van der Waals surface area contributed by atoms with E-state index in [1.54, 1.807) is 11.0 Å². The topological polar surface area (TPSA) is 56.7 Å². The summed E-state index contributed by atoms with van der Waals surface area (Å²) in [6, 6.07) is 1.65. The van der Waals surface area contributed by atoms with Gasteiger partial charge < -0.3 is 10.0 Å². The molecule has 0 radical (unpaired) electrons. The van der Waals surface area contributed by atoms with Crippen molar-refractivity contribution in [2.75, 3.05) is 25.0 Å². The van der Waals surface area contributed by atoms with Crippen LogP contribution in [0.25, 0.3) is 0 Å². The second-order valence-corrected chi connectivity index (χ2v) is 6.14. The highest BCUT2D eigenvalue weighted by atomic mass is 19.3. The molecule has 1 aromatic rings. The number of carbonyl (C=O) groups is 1. The molecule has 1 fully saturated rings. The summed E-state index contributed by atoms with van der Waals surface area (Å²) in [5, 5.41) is 9.44. The quantitative estimate of drug-likeness (QED) is 0.908. The molecular formula is C15H19F2N3O2. The molecule has 0 aromatic carbocycles. The van der Waals surface area contributed by atoms with Gasteiger partial charge in [0.1, 0.15) is 11.4 Å². The molecule has 2 aliphatic heterocycles. The highest BCUT2D eigenvalue weighted by Crippen LogP contribution is 2.32. The molecule has 1 saturated heterocycles. The van der Waals surface area contributed by atoms with Crippen molar-refractivity contribution >= 4 is 11.8 Å². The summed E-state index contributed by atoms with van der Waals surface area (Å²) < 4.78 is 27.0. The van der Waals surface area contributed by atoms with Gasteiger partial charge in [0.2, 0.25) is 5.92 Å². The third-order valence-electron chi connectivity index (χ3n) is 4.28. The molecular weight excluding hydrogens is 292 g/mol. The summed E-state index contributed by atoms with van der Waals surface area (Å²) in [7, 11) is 1.94. The fourth-order valence-electron chi connectivity index (χ4n) is 3.13. The summed E-state index contributed by atoms with van der Waals surface area (Å²) in [6.07, 6.45) is -0.0744. The number of nitrogens with zero attached hydrogens (tertiary/aromatic N) is 3. The first-order chi connectivity index (χ1) is 10.4.